The first kappa shape index (κ1) is 32.1. The molecular formula is C33H39Cl2FN4O4. The van der Waals surface area contributed by atoms with E-state index in [4.69, 9.17) is 27.9 Å². The number of halogens is 3. The van der Waals surface area contributed by atoms with Crippen molar-refractivity contribution in [2.45, 2.75) is 65.0 Å². The van der Waals surface area contributed by atoms with Crippen molar-refractivity contribution < 1.29 is 18.7 Å². The number of methoxy groups -OCH3 is 1. The highest BCUT2D eigenvalue weighted by molar-refractivity contribution is 6.35. The molecule has 44 heavy (non-hydrogen) atoms. The van der Waals surface area contributed by atoms with E-state index < -0.39 is 17.2 Å². The molecule has 1 unspecified atom stereocenters. The third-order valence-corrected chi connectivity index (χ3v) is 9.66. The summed E-state index contributed by atoms with van der Waals surface area (Å²) in [5.41, 5.74) is 0.792. The number of carbonyl (C=O) groups is 2. The topological polar surface area (TPSA) is 83.9 Å². The van der Waals surface area contributed by atoms with Crippen LogP contribution in [0.25, 0.3) is 10.9 Å². The van der Waals surface area contributed by atoms with Gasteiger partial charge in [-0.05, 0) is 68.7 Å². The van der Waals surface area contributed by atoms with Crippen LogP contribution < -0.4 is 20.4 Å². The molecule has 0 spiro atoms. The van der Waals surface area contributed by atoms with E-state index in [-0.39, 0.29) is 29.4 Å². The molecule has 2 fully saturated rings. The molecule has 11 heteroatoms. The fourth-order valence-corrected chi connectivity index (χ4v) is 6.77. The van der Waals surface area contributed by atoms with Crippen LogP contribution >= 0.6 is 23.2 Å². The maximum atomic E-state index is 16.0. The number of amides is 2. The Morgan fingerprint density at radius 1 is 1.16 bits per heavy atom. The van der Waals surface area contributed by atoms with Gasteiger partial charge in [0.2, 0.25) is 11.3 Å². The van der Waals surface area contributed by atoms with Gasteiger partial charge in [-0.2, -0.15) is 0 Å². The number of hydrogen-bond acceptors (Lipinski definition) is 5. The van der Waals surface area contributed by atoms with Gasteiger partial charge in [-0.3, -0.25) is 14.4 Å². The number of rotatable bonds is 10. The highest BCUT2D eigenvalue weighted by atomic mass is 35.5. The van der Waals surface area contributed by atoms with Gasteiger partial charge in [-0.15, -0.1) is 0 Å². The summed E-state index contributed by atoms with van der Waals surface area (Å²) in [4.78, 5) is 43.0. The molecule has 3 aromatic rings. The molecule has 0 aliphatic carbocycles. The van der Waals surface area contributed by atoms with Crippen LogP contribution in [0.15, 0.2) is 35.3 Å². The molecule has 1 atom stereocenters. The zero-order chi connectivity index (χ0) is 31.5. The summed E-state index contributed by atoms with van der Waals surface area (Å²) in [7, 11) is 1.49. The lowest BCUT2D eigenvalue weighted by Crippen LogP contribution is -2.36. The van der Waals surface area contributed by atoms with E-state index in [2.05, 4.69) is 5.32 Å². The van der Waals surface area contributed by atoms with Crippen molar-refractivity contribution in [2.24, 2.45) is 5.92 Å². The second kappa shape index (κ2) is 13.8. The summed E-state index contributed by atoms with van der Waals surface area (Å²) in [6.07, 6.45) is 6.53. The molecule has 2 aromatic carbocycles. The number of nitrogens with one attached hydrogen (secondary N) is 1. The van der Waals surface area contributed by atoms with E-state index in [9.17, 15) is 14.4 Å². The molecule has 5 rings (SSSR count). The summed E-state index contributed by atoms with van der Waals surface area (Å²) < 4.78 is 23.7. The molecule has 2 amide bonds. The van der Waals surface area contributed by atoms with Crippen molar-refractivity contribution in [3.63, 3.8) is 0 Å². The minimum Gasteiger partial charge on any atom is -0.492 e. The van der Waals surface area contributed by atoms with E-state index in [0.29, 0.717) is 64.4 Å². The van der Waals surface area contributed by atoms with Crippen LogP contribution in [0, 0.1) is 11.7 Å². The lowest BCUT2D eigenvalue weighted by molar-refractivity contribution is -0.127. The first-order valence-electron chi connectivity index (χ1n) is 15.3. The molecule has 2 aliphatic rings. The Kier molecular flexibility index (Phi) is 10.1. The van der Waals surface area contributed by atoms with Gasteiger partial charge in [-0.25, -0.2) is 4.39 Å². The Hall–Kier alpha value is -3.30. The summed E-state index contributed by atoms with van der Waals surface area (Å²) in [6, 6.07) is 6.10. The zero-order valence-electron chi connectivity index (χ0n) is 25.4. The van der Waals surface area contributed by atoms with E-state index in [0.717, 1.165) is 38.8 Å². The molecule has 0 radical (unpaired) electrons. The highest BCUT2D eigenvalue weighted by Gasteiger charge is 2.30. The quantitative estimate of drug-likeness (QED) is 0.269. The van der Waals surface area contributed by atoms with Gasteiger partial charge in [0.25, 0.3) is 5.91 Å². The van der Waals surface area contributed by atoms with Crippen LogP contribution in [0.3, 0.4) is 0 Å². The van der Waals surface area contributed by atoms with Crippen molar-refractivity contribution in [1.82, 2.24) is 14.8 Å². The second-order valence-electron chi connectivity index (χ2n) is 11.8. The van der Waals surface area contributed by atoms with E-state index in [1.54, 1.807) is 24.4 Å². The summed E-state index contributed by atoms with van der Waals surface area (Å²) >= 11 is 12.2. The smallest absolute Gasteiger partial charge is 0.257 e. The molecule has 2 saturated heterocycles. The number of ether oxygens (including phenoxy) is 1. The van der Waals surface area contributed by atoms with Gasteiger partial charge in [0.15, 0.2) is 11.6 Å². The number of hydrogen-bond donors (Lipinski definition) is 1. The van der Waals surface area contributed by atoms with Crippen molar-refractivity contribution in [3.8, 4) is 5.75 Å². The van der Waals surface area contributed by atoms with Crippen LogP contribution in [0.2, 0.25) is 10.0 Å². The lowest BCUT2D eigenvalue weighted by atomic mass is 9.92. The first-order valence-corrected chi connectivity index (χ1v) is 16.1. The molecule has 0 bridgehead atoms. The summed E-state index contributed by atoms with van der Waals surface area (Å²) in [6.45, 7) is 6.98. The summed E-state index contributed by atoms with van der Waals surface area (Å²) in [5, 5.41) is 3.74. The number of likely N-dealkylation sites (tertiary alicyclic amines) is 1. The third-order valence-electron chi connectivity index (χ3n) is 9.08. The first-order chi connectivity index (χ1) is 21.1. The molecule has 3 heterocycles. The molecule has 1 aromatic heterocycles. The Labute approximate surface area is 267 Å². The molecule has 1 N–H and O–H groups in total. The summed E-state index contributed by atoms with van der Waals surface area (Å²) in [5.74, 6) is -0.158. The number of piperidine rings is 1. The minimum atomic E-state index is -0.582. The zero-order valence-corrected chi connectivity index (χ0v) is 26.9. The van der Waals surface area contributed by atoms with Gasteiger partial charge in [0.1, 0.15) is 11.3 Å². The fraction of sp³-hybridized carbons (Fsp3) is 0.485. The number of nitrogens with zero attached hydrogens (tertiary/aromatic N) is 3. The Morgan fingerprint density at radius 3 is 2.55 bits per heavy atom. The van der Waals surface area contributed by atoms with Gasteiger partial charge < -0.3 is 24.4 Å². The molecular weight excluding hydrogens is 606 g/mol. The number of fused-ring (bicyclic) bond motifs is 1. The van der Waals surface area contributed by atoms with E-state index in [1.165, 1.54) is 13.2 Å². The Morgan fingerprint density at radius 2 is 1.91 bits per heavy atom. The minimum absolute atomic E-state index is 0.0885. The van der Waals surface area contributed by atoms with Crippen molar-refractivity contribution in [1.29, 1.82) is 0 Å². The van der Waals surface area contributed by atoms with Crippen molar-refractivity contribution in [3.05, 3.63) is 67.7 Å². The normalized spacial score (nSPS) is 16.5. The maximum absolute atomic E-state index is 16.0. The predicted octanol–water partition coefficient (Wildman–Crippen LogP) is 6.59. The molecule has 236 valence electrons. The van der Waals surface area contributed by atoms with Gasteiger partial charge in [0.05, 0.1) is 18.0 Å². The maximum Gasteiger partial charge on any atom is 0.257 e. The Balaban J connectivity index is 1.44. The van der Waals surface area contributed by atoms with Crippen LogP contribution in [-0.2, 0) is 11.3 Å². The molecule has 8 nitrogen and oxygen atoms in total. The SMILES string of the molecule is CCC(C)n1cc(C(=O)NCc2ccc(Cl)cc2Cl)c(=O)c2cc(F)c(N3CCC(CCN4CCCC4=O)CC3)c(OC)c21. The Bertz CT molecular complexity index is 1620. The highest BCUT2D eigenvalue weighted by Crippen LogP contribution is 2.41. The van der Waals surface area contributed by atoms with Crippen molar-refractivity contribution >= 4 is 51.6 Å². The number of aromatic nitrogens is 1. The van der Waals surface area contributed by atoms with Crippen LogP contribution in [0.5, 0.6) is 5.75 Å². The fourth-order valence-electron chi connectivity index (χ4n) is 6.30. The van der Waals surface area contributed by atoms with Crippen LogP contribution in [-0.4, -0.2) is 54.6 Å². The third kappa shape index (κ3) is 6.54. The van der Waals surface area contributed by atoms with Gasteiger partial charge in [-0.1, -0.05) is 36.2 Å². The van der Waals surface area contributed by atoms with E-state index >= 15 is 4.39 Å². The average Bonchev–Trinajstić information content (AvgIpc) is 3.43. The van der Waals surface area contributed by atoms with E-state index in [1.807, 2.05) is 28.2 Å². The number of carbonyl (C=O) groups excluding carboxylic acids is 2. The number of benzene rings is 2. The monoisotopic (exact) mass is 644 g/mol. The standard InChI is InChI=1S/C33H39Cl2FN4O4/c1-4-20(2)40-19-25(33(43)37-18-22-7-8-23(34)16-26(22)35)31(42)24-17-27(36)30(32(44-3)29(24)40)39-14-10-21(11-15-39)9-13-38-12-5-6-28(38)41/h7-8,16-17,19-21H,4-6,9-15,18H2,1-3H3,(H,37,43). The largest absolute Gasteiger partial charge is 0.492 e. The van der Waals surface area contributed by atoms with Crippen LogP contribution in [0.1, 0.15) is 74.3 Å². The average molecular weight is 646 g/mol. The van der Waals surface area contributed by atoms with Crippen molar-refractivity contribution in [2.75, 3.05) is 38.2 Å². The molecule has 2 aliphatic heterocycles. The number of pyridine rings is 1. The second-order valence-corrected chi connectivity index (χ2v) is 12.6. The predicted molar refractivity (Wildman–Crippen MR) is 173 cm³/mol. The van der Waals surface area contributed by atoms with Gasteiger partial charge in [0, 0.05) is 61.4 Å². The van der Waals surface area contributed by atoms with Crippen LogP contribution in [0.4, 0.5) is 10.1 Å². The lowest BCUT2D eigenvalue weighted by Gasteiger charge is -2.35. The number of anilines is 1. The molecule has 0 saturated carbocycles. The van der Waals surface area contributed by atoms with Gasteiger partial charge >= 0.3 is 0 Å².